The van der Waals surface area contributed by atoms with Gasteiger partial charge in [0.15, 0.2) is 0 Å². The number of rotatable bonds is 8. The number of carbonyl (C=O) groups is 1. The van der Waals surface area contributed by atoms with E-state index in [1.165, 1.54) is 11.1 Å². The van der Waals surface area contributed by atoms with Crippen LogP contribution in [0.2, 0.25) is 0 Å². The minimum Gasteiger partial charge on any atom is -0.492 e. The third kappa shape index (κ3) is 4.88. The molecule has 142 valence electrons. The minimum atomic E-state index is 0.00490. The number of hydrogen-bond acceptors (Lipinski definition) is 3. The van der Waals surface area contributed by atoms with E-state index in [9.17, 15) is 4.79 Å². The SMILES string of the molecule is CC(=O)NCCCc1nc2ccccc2n1CCOc1ccc(C)c(C)c1. The van der Waals surface area contributed by atoms with Crippen LogP contribution in [0.4, 0.5) is 0 Å². The van der Waals surface area contributed by atoms with Crippen molar-refractivity contribution in [1.29, 1.82) is 0 Å². The van der Waals surface area contributed by atoms with Crippen LogP contribution in [-0.4, -0.2) is 28.6 Å². The van der Waals surface area contributed by atoms with Gasteiger partial charge in [-0.05, 0) is 55.7 Å². The Kier molecular flexibility index (Phi) is 6.12. The third-order valence-electron chi connectivity index (χ3n) is 4.75. The van der Waals surface area contributed by atoms with E-state index < -0.39 is 0 Å². The minimum absolute atomic E-state index is 0.00490. The van der Waals surface area contributed by atoms with Crippen LogP contribution in [0.25, 0.3) is 11.0 Å². The Morgan fingerprint density at radius 2 is 1.96 bits per heavy atom. The monoisotopic (exact) mass is 365 g/mol. The molecule has 3 rings (SSSR count). The van der Waals surface area contributed by atoms with Crippen molar-refractivity contribution in [3.63, 3.8) is 0 Å². The molecular formula is C22H27N3O2. The molecular weight excluding hydrogens is 338 g/mol. The van der Waals surface area contributed by atoms with Gasteiger partial charge in [-0.3, -0.25) is 4.79 Å². The summed E-state index contributed by atoms with van der Waals surface area (Å²) in [5.74, 6) is 1.94. The number of para-hydroxylation sites is 2. The molecule has 0 aliphatic carbocycles. The Labute approximate surface area is 160 Å². The summed E-state index contributed by atoms with van der Waals surface area (Å²) in [5.41, 5.74) is 4.62. The molecule has 3 aromatic rings. The van der Waals surface area contributed by atoms with Crippen molar-refractivity contribution in [2.45, 2.75) is 40.2 Å². The van der Waals surface area contributed by atoms with Crippen LogP contribution in [0.5, 0.6) is 5.75 Å². The number of amides is 1. The van der Waals surface area contributed by atoms with Crippen molar-refractivity contribution < 1.29 is 9.53 Å². The molecule has 0 aliphatic heterocycles. The molecule has 1 heterocycles. The van der Waals surface area contributed by atoms with Gasteiger partial charge in [-0.1, -0.05) is 18.2 Å². The summed E-state index contributed by atoms with van der Waals surface area (Å²) in [6.07, 6.45) is 1.68. The molecule has 1 amide bonds. The Morgan fingerprint density at radius 3 is 2.74 bits per heavy atom. The molecule has 0 fully saturated rings. The van der Waals surface area contributed by atoms with E-state index in [-0.39, 0.29) is 5.91 Å². The van der Waals surface area contributed by atoms with Gasteiger partial charge < -0.3 is 14.6 Å². The number of hydrogen-bond donors (Lipinski definition) is 1. The average molecular weight is 365 g/mol. The number of nitrogens with one attached hydrogen (secondary N) is 1. The van der Waals surface area contributed by atoms with Crippen LogP contribution < -0.4 is 10.1 Å². The second-order valence-corrected chi connectivity index (χ2v) is 6.85. The summed E-state index contributed by atoms with van der Waals surface area (Å²) in [7, 11) is 0. The van der Waals surface area contributed by atoms with Crippen molar-refractivity contribution in [2.24, 2.45) is 0 Å². The maximum atomic E-state index is 11.0. The summed E-state index contributed by atoms with van der Waals surface area (Å²) < 4.78 is 8.20. The lowest BCUT2D eigenvalue weighted by atomic mass is 10.1. The Balaban J connectivity index is 1.68. The van der Waals surface area contributed by atoms with Crippen molar-refractivity contribution in [2.75, 3.05) is 13.2 Å². The van der Waals surface area contributed by atoms with Gasteiger partial charge in [0.2, 0.25) is 5.91 Å². The topological polar surface area (TPSA) is 56.2 Å². The first kappa shape index (κ1) is 19.0. The molecule has 0 aliphatic rings. The normalized spacial score (nSPS) is 10.9. The van der Waals surface area contributed by atoms with Gasteiger partial charge in [0.1, 0.15) is 18.2 Å². The first-order chi connectivity index (χ1) is 13.0. The van der Waals surface area contributed by atoms with E-state index in [1.54, 1.807) is 6.92 Å². The second kappa shape index (κ2) is 8.71. The number of nitrogens with zero attached hydrogens (tertiary/aromatic N) is 2. The molecule has 0 spiro atoms. The smallest absolute Gasteiger partial charge is 0.216 e. The van der Waals surface area contributed by atoms with E-state index in [1.807, 2.05) is 24.3 Å². The quantitative estimate of drug-likeness (QED) is 0.618. The summed E-state index contributed by atoms with van der Waals surface area (Å²) in [5, 5.41) is 2.84. The summed E-state index contributed by atoms with van der Waals surface area (Å²) in [4.78, 5) is 15.8. The third-order valence-corrected chi connectivity index (χ3v) is 4.75. The Bertz CT molecular complexity index is 930. The fourth-order valence-electron chi connectivity index (χ4n) is 3.14. The number of fused-ring (bicyclic) bond motifs is 1. The molecule has 1 N–H and O–H groups in total. The average Bonchev–Trinajstić information content (AvgIpc) is 2.99. The number of aromatic nitrogens is 2. The zero-order chi connectivity index (χ0) is 19.2. The first-order valence-electron chi connectivity index (χ1n) is 9.43. The van der Waals surface area contributed by atoms with Gasteiger partial charge >= 0.3 is 0 Å². The molecule has 0 unspecified atom stereocenters. The van der Waals surface area contributed by atoms with Gasteiger partial charge in [-0.25, -0.2) is 4.98 Å². The van der Waals surface area contributed by atoms with Crippen LogP contribution in [0.3, 0.4) is 0 Å². The van der Waals surface area contributed by atoms with Gasteiger partial charge in [-0.15, -0.1) is 0 Å². The lowest BCUT2D eigenvalue weighted by Gasteiger charge is -2.12. The summed E-state index contributed by atoms with van der Waals surface area (Å²) in [6, 6.07) is 14.4. The van der Waals surface area contributed by atoms with Gasteiger partial charge in [0, 0.05) is 19.9 Å². The molecule has 0 saturated heterocycles. The molecule has 1 aromatic heterocycles. The van der Waals surface area contributed by atoms with Crippen LogP contribution in [-0.2, 0) is 17.8 Å². The fourth-order valence-corrected chi connectivity index (χ4v) is 3.14. The molecule has 27 heavy (non-hydrogen) atoms. The highest BCUT2D eigenvalue weighted by atomic mass is 16.5. The standard InChI is InChI=1S/C22H27N3O2/c1-16-10-11-19(15-17(16)2)27-14-13-25-21-8-5-4-7-20(21)24-22(25)9-6-12-23-18(3)26/h4-5,7-8,10-11,15H,6,9,12-14H2,1-3H3,(H,23,26). The van der Waals surface area contributed by atoms with E-state index in [0.29, 0.717) is 13.2 Å². The van der Waals surface area contributed by atoms with Crippen molar-refractivity contribution >= 4 is 16.9 Å². The van der Waals surface area contributed by atoms with E-state index in [4.69, 9.17) is 9.72 Å². The lowest BCUT2D eigenvalue weighted by molar-refractivity contribution is -0.118. The van der Waals surface area contributed by atoms with E-state index in [2.05, 4.69) is 41.9 Å². The van der Waals surface area contributed by atoms with Gasteiger partial charge in [0.05, 0.1) is 17.6 Å². The van der Waals surface area contributed by atoms with Crippen LogP contribution in [0.1, 0.15) is 30.3 Å². The molecule has 0 atom stereocenters. The highest BCUT2D eigenvalue weighted by Gasteiger charge is 2.10. The van der Waals surface area contributed by atoms with Crippen LogP contribution in [0, 0.1) is 13.8 Å². The molecule has 2 aromatic carbocycles. The van der Waals surface area contributed by atoms with Gasteiger partial charge in [-0.2, -0.15) is 0 Å². The molecule has 0 radical (unpaired) electrons. The highest BCUT2D eigenvalue weighted by molar-refractivity contribution is 5.76. The fraction of sp³-hybridized carbons (Fsp3) is 0.364. The number of imidazole rings is 1. The largest absolute Gasteiger partial charge is 0.492 e. The molecule has 5 nitrogen and oxygen atoms in total. The molecule has 5 heteroatoms. The predicted molar refractivity (Wildman–Crippen MR) is 108 cm³/mol. The summed E-state index contributed by atoms with van der Waals surface area (Å²) >= 11 is 0. The predicted octanol–water partition coefficient (Wildman–Crippen LogP) is 3.80. The molecule has 0 saturated carbocycles. The maximum Gasteiger partial charge on any atom is 0.216 e. The van der Waals surface area contributed by atoms with Crippen LogP contribution >= 0.6 is 0 Å². The second-order valence-electron chi connectivity index (χ2n) is 6.85. The first-order valence-corrected chi connectivity index (χ1v) is 9.43. The van der Waals surface area contributed by atoms with Crippen LogP contribution in [0.15, 0.2) is 42.5 Å². The number of benzene rings is 2. The van der Waals surface area contributed by atoms with Crippen molar-refractivity contribution in [3.8, 4) is 5.75 Å². The Hall–Kier alpha value is -2.82. The number of carbonyl (C=O) groups excluding carboxylic acids is 1. The van der Waals surface area contributed by atoms with Crippen molar-refractivity contribution in [1.82, 2.24) is 14.9 Å². The highest BCUT2D eigenvalue weighted by Crippen LogP contribution is 2.19. The zero-order valence-electron chi connectivity index (χ0n) is 16.3. The number of ether oxygens (including phenoxy) is 1. The van der Waals surface area contributed by atoms with E-state index >= 15 is 0 Å². The van der Waals surface area contributed by atoms with Crippen molar-refractivity contribution in [3.05, 3.63) is 59.4 Å². The molecule has 0 bridgehead atoms. The number of aryl methyl sites for hydroxylation is 3. The van der Waals surface area contributed by atoms with E-state index in [0.717, 1.165) is 42.0 Å². The zero-order valence-corrected chi connectivity index (χ0v) is 16.3. The maximum absolute atomic E-state index is 11.0. The Morgan fingerprint density at radius 1 is 1.15 bits per heavy atom. The van der Waals surface area contributed by atoms with Gasteiger partial charge in [0.25, 0.3) is 0 Å². The lowest BCUT2D eigenvalue weighted by Crippen LogP contribution is -2.21. The summed E-state index contributed by atoms with van der Waals surface area (Å²) in [6.45, 7) is 7.73.